The Hall–Kier alpha value is -4.78. The maximum atomic E-state index is 13.8. The van der Waals surface area contributed by atoms with Gasteiger partial charge in [0.1, 0.15) is 30.0 Å². The van der Waals surface area contributed by atoms with Gasteiger partial charge in [0.05, 0.1) is 36.1 Å². The van der Waals surface area contributed by atoms with Crippen LogP contribution in [0, 0.1) is 5.41 Å². The number of rotatable bonds is 9. The highest BCUT2D eigenvalue weighted by Gasteiger charge is 2.42. The third-order valence-electron chi connectivity index (χ3n) is 7.98. The van der Waals surface area contributed by atoms with Crippen LogP contribution in [0.3, 0.4) is 0 Å². The smallest absolute Gasteiger partial charge is 0.247 e. The number of anilines is 3. The average Bonchev–Trinajstić information content (AvgIpc) is 3.68. The summed E-state index contributed by atoms with van der Waals surface area (Å²) in [4.78, 5) is 50.7. The zero-order chi connectivity index (χ0) is 31.6. The Labute approximate surface area is 255 Å². The van der Waals surface area contributed by atoms with Gasteiger partial charge in [0.2, 0.25) is 17.7 Å². The van der Waals surface area contributed by atoms with Gasteiger partial charge in [-0.15, -0.1) is 0 Å². The van der Waals surface area contributed by atoms with Crippen LogP contribution in [-0.2, 0) is 14.4 Å². The van der Waals surface area contributed by atoms with Gasteiger partial charge in [-0.25, -0.2) is 9.97 Å². The maximum absolute atomic E-state index is 13.8. The van der Waals surface area contributed by atoms with E-state index in [0.717, 1.165) is 16.6 Å². The number of carbonyl (C=O) groups excluding carboxylic acids is 3. The van der Waals surface area contributed by atoms with Gasteiger partial charge in [0.15, 0.2) is 0 Å². The monoisotopic (exact) mass is 601 g/mol. The van der Waals surface area contributed by atoms with E-state index in [9.17, 15) is 14.4 Å². The van der Waals surface area contributed by atoms with Crippen LogP contribution in [0.4, 0.5) is 17.2 Å². The van der Waals surface area contributed by atoms with Gasteiger partial charge in [-0.3, -0.25) is 19.5 Å². The van der Waals surface area contributed by atoms with Crippen molar-refractivity contribution in [2.45, 2.75) is 58.7 Å². The van der Waals surface area contributed by atoms with Crippen LogP contribution >= 0.6 is 0 Å². The molecule has 3 heterocycles. The molecule has 0 spiro atoms. The molecule has 0 aliphatic carbocycles. The lowest BCUT2D eigenvalue weighted by molar-refractivity contribution is -0.143. The SMILES string of the molecule is CNC(C)C(=O)NC(C(=O)N1CCCC1C(=O)Nc1cc2c(Nc3ccc4[nH]ncc4c3)ncnc2cc1OC)C(C)(C)C. The van der Waals surface area contributed by atoms with Gasteiger partial charge >= 0.3 is 0 Å². The van der Waals surface area contributed by atoms with Crippen molar-refractivity contribution < 1.29 is 19.1 Å². The number of fused-ring (bicyclic) bond motifs is 2. The molecule has 5 rings (SSSR count). The fourth-order valence-corrected chi connectivity index (χ4v) is 5.34. The number of methoxy groups -OCH3 is 1. The molecule has 0 radical (unpaired) electrons. The molecule has 4 aromatic rings. The summed E-state index contributed by atoms with van der Waals surface area (Å²) in [7, 11) is 3.21. The number of likely N-dealkylation sites (N-methyl/N-ethyl adjacent to an activating group) is 1. The molecule has 5 N–H and O–H groups in total. The second-order valence-corrected chi connectivity index (χ2v) is 12.1. The number of ether oxygens (including phenoxy) is 1. The minimum Gasteiger partial charge on any atom is -0.494 e. The summed E-state index contributed by atoms with van der Waals surface area (Å²) in [5.74, 6) is 0.0677. The third kappa shape index (κ3) is 6.27. The number of carbonyl (C=O) groups is 3. The Morgan fingerprint density at radius 1 is 1.14 bits per heavy atom. The Balaban J connectivity index is 1.40. The van der Waals surface area contributed by atoms with Crippen LogP contribution in [0.5, 0.6) is 5.75 Å². The normalized spacial score (nSPS) is 16.5. The lowest BCUT2D eigenvalue weighted by Crippen LogP contribution is -2.59. The molecule has 44 heavy (non-hydrogen) atoms. The van der Waals surface area contributed by atoms with Crippen LogP contribution in [-0.4, -0.2) is 81.6 Å². The first-order valence-corrected chi connectivity index (χ1v) is 14.6. The predicted molar refractivity (Wildman–Crippen MR) is 169 cm³/mol. The molecule has 2 aromatic heterocycles. The predicted octanol–water partition coefficient (Wildman–Crippen LogP) is 3.33. The third-order valence-corrected chi connectivity index (χ3v) is 7.98. The molecule has 3 amide bonds. The Kier molecular flexibility index (Phi) is 8.68. The van der Waals surface area contributed by atoms with E-state index in [4.69, 9.17) is 4.74 Å². The number of aromatic amines is 1. The highest BCUT2D eigenvalue weighted by molar-refractivity contribution is 6.03. The fourth-order valence-electron chi connectivity index (χ4n) is 5.34. The van der Waals surface area contributed by atoms with Crippen molar-refractivity contribution in [3.8, 4) is 5.75 Å². The van der Waals surface area contributed by atoms with E-state index < -0.39 is 23.5 Å². The largest absolute Gasteiger partial charge is 0.494 e. The van der Waals surface area contributed by atoms with Gasteiger partial charge in [-0.05, 0) is 56.5 Å². The summed E-state index contributed by atoms with van der Waals surface area (Å²) >= 11 is 0. The fraction of sp³-hybridized carbons (Fsp3) is 0.419. The van der Waals surface area contributed by atoms with Crippen molar-refractivity contribution in [2.75, 3.05) is 31.3 Å². The van der Waals surface area contributed by atoms with Gasteiger partial charge < -0.3 is 30.9 Å². The lowest BCUT2D eigenvalue weighted by Gasteiger charge is -2.36. The van der Waals surface area contributed by atoms with Crippen molar-refractivity contribution in [2.24, 2.45) is 5.41 Å². The number of hydrogen-bond acceptors (Lipinski definition) is 9. The highest BCUT2D eigenvalue weighted by Crippen LogP contribution is 2.34. The molecule has 1 saturated heterocycles. The minimum atomic E-state index is -0.804. The van der Waals surface area contributed by atoms with Crippen LogP contribution in [0.1, 0.15) is 40.5 Å². The van der Waals surface area contributed by atoms with E-state index in [1.807, 2.05) is 39.0 Å². The first kappa shape index (κ1) is 30.7. The first-order valence-electron chi connectivity index (χ1n) is 14.6. The number of benzene rings is 2. The van der Waals surface area contributed by atoms with Crippen LogP contribution < -0.4 is 26.0 Å². The number of likely N-dealkylation sites (tertiary alicyclic amines) is 1. The summed E-state index contributed by atoms with van der Waals surface area (Å²) in [6.45, 7) is 7.83. The van der Waals surface area contributed by atoms with E-state index in [0.29, 0.717) is 47.5 Å². The summed E-state index contributed by atoms with van der Waals surface area (Å²) < 4.78 is 5.61. The zero-order valence-corrected chi connectivity index (χ0v) is 25.8. The van der Waals surface area contributed by atoms with Gasteiger partial charge in [0, 0.05) is 29.1 Å². The number of nitrogens with zero attached hydrogens (tertiary/aromatic N) is 4. The molecule has 1 aliphatic rings. The molecule has 3 atom stereocenters. The van der Waals surface area contributed by atoms with Crippen molar-refractivity contribution in [1.82, 2.24) is 35.7 Å². The van der Waals surface area contributed by atoms with E-state index in [2.05, 4.69) is 41.4 Å². The average molecular weight is 602 g/mol. The summed E-state index contributed by atoms with van der Waals surface area (Å²) in [5.41, 5.74) is 2.21. The van der Waals surface area contributed by atoms with E-state index in [1.54, 1.807) is 37.2 Å². The first-order chi connectivity index (χ1) is 21.0. The minimum absolute atomic E-state index is 0.279. The number of nitrogens with one attached hydrogen (secondary N) is 5. The van der Waals surface area contributed by atoms with Gasteiger partial charge in [-0.1, -0.05) is 20.8 Å². The highest BCUT2D eigenvalue weighted by atomic mass is 16.5. The van der Waals surface area contributed by atoms with Crippen LogP contribution in [0.2, 0.25) is 0 Å². The molecule has 0 saturated carbocycles. The van der Waals surface area contributed by atoms with Gasteiger partial charge in [-0.2, -0.15) is 5.10 Å². The molecule has 1 fully saturated rings. The van der Waals surface area contributed by atoms with E-state index >= 15 is 0 Å². The maximum Gasteiger partial charge on any atom is 0.247 e. The van der Waals surface area contributed by atoms with Crippen molar-refractivity contribution in [3.63, 3.8) is 0 Å². The Morgan fingerprint density at radius 3 is 2.66 bits per heavy atom. The molecule has 13 heteroatoms. The molecule has 232 valence electrons. The molecule has 13 nitrogen and oxygen atoms in total. The van der Waals surface area contributed by atoms with E-state index in [1.165, 1.54) is 13.4 Å². The standard InChI is InChI=1S/C31H39N9O4/c1-17(32-5)28(41)38-26(31(2,3)4)30(43)40-11-7-8-24(40)29(42)37-23-13-20-22(14-25(23)44-6)33-16-34-27(20)36-19-9-10-21-18(12-19)15-35-39-21/h9-10,12-17,24,26,32H,7-8,11H2,1-6H3,(H,35,39)(H,37,42)(H,38,41)(H,33,34,36). The molecular weight excluding hydrogens is 562 g/mol. The summed E-state index contributed by atoms with van der Waals surface area (Å²) in [6, 6.07) is 7.32. The lowest BCUT2D eigenvalue weighted by atomic mass is 9.85. The number of aromatic nitrogens is 4. The molecule has 3 unspecified atom stereocenters. The zero-order valence-electron chi connectivity index (χ0n) is 25.8. The second kappa shape index (κ2) is 12.4. The van der Waals surface area contributed by atoms with Gasteiger partial charge in [0.25, 0.3) is 0 Å². The number of H-pyrrole nitrogens is 1. The van der Waals surface area contributed by atoms with Crippen LogP contribution in [0.15, 0.2) is 42.9 Å². The van der Waals surface area contributed by atoms with Crippen LogP contribution in [0.25, 0.3) is 21.8 Å². The number of amides is 3. The van der Waals surface area contributed by atoms with Crippen molar-refractivity contribution in [3.05, 3.63) is 42.9 Å². The van der Waals surface area contributed by atoms with Crippen molar-refractivity contribution in [1.29, 1.82) is 0 Å². The molecule has 2 aromatic carbocycles. The van der Waals surface area contributed by atoms with E-state index in [-0.39, 0.29) is 17.7 Å². The molecule has 1 aliphatic heterocycles. The Morgan fingerprint density at radius 2 is 1.93 bits per heavy atom. The second-order valence-electron chi connectivity index (χ2n) is 12.1. The Bertz CT molecular complexity index is 1700. The summed E-state index contributed by atoms with van der Waals surface area (Å²) in [5, 5.41) is 20.8. The topological polar surface area (TPSA) is 166 Å². The van der Waals surface area contributed by atoms with Crippen molar-refractivity contribution >= 4 is 56.7 Å². The molecule has 0 bridgehead atoms. The quantitative estimate of drug-likeness (QED) is 0.193. The summed E-state index contributed by atoms with van der Waals surface area (Å²) in [6.07, 6.45) is 4.37. The molecular formula is C31H39N9O4. The number of hydrogen-bond donors (Lipinski definition) is 5.